The number of piperidine rings is 2. The molecule has 0 aromatic carbocycles. The lowest BCUT2D eigenvalue weighted by molar-refractivity contribution is -0.134. The summed E-state index contributed by atoms with van der Waals surface area (Å²) in [5, 5.41) is 3.22. The van der Waals surface area contributed by atoms with Crippen molar-refractivity contribution in [1.82, 2.24) is 15.1 Å². The van der Waals surface area contributed by atoms with Gasteiger partial charge in [-0.1, -0.05) is 25.7 Å². The minimum absolute atomic E-state index is 0.159. The number of hydrogen-bond acceptors (Lipinski definition) is 3. The van der Waals surface area contributed by atoms with Crippen molar-refractivity contribution in [2.75, 3.05) is 32.7 Å². The van der Waals surface area contributed by atoms with Gasteiger partial charge in [-0.3, -0.25) is 14.5 Å². The molecule has 28 heavy (non-hydrogen) atoms. The maximum absolute atomic E-state index is 12.7. The van der Waals surface area contributed by atoms with Crippen LogP contribution in [-0.2, 0) is 9.59 Å². The second kappa shape index (κ2) is 9.60. The van der Waals surface area contributed by atoms with Crippen LogP contribution in [0.15, 0.2) is 0 Å². The van der Waals surface area contributed by atoms with Gasteiger partial charge in [0.25, 0.3) is 0 Å². The SMILES string of the molecule is O=C(NCCCC1CCCC1)C1CCCN(C2CCN(C(=O)C3CC3)CC2)C1. The van der Waals surface area contributed by atoms with Crippen molar-refractivity contribution in [1.29, 1.82) is 0 Å². The van der Waals surface area contributed by atoms with Gasteiger partial charge < -0.3 is 10.2 Å². The third-order valence-corrected chi connectivity index (χ3v) is 7.61. The van der Waals surface area contributed by atoms with E-state index in [2.05, 4.69) is 15.1 Å². The Hall–Kier alpha value is -1.10. The zero-order valence-electron chi connectivity index (χ0n) is 17.5. The molecule has 158 valence electrons. The number of nitrogens with zero attached hydrogens (tertiary/aromatic N) is 2. The van der Waals surface area contributed by atoms with Crippen LogP contribution >= 0.6 is 0 Å². The lowest BCUT2D eigenvalue weighted by atomic mass is 9.93. The van der Waals surface area contributed by atoms with Crippen LogP contribution in [0, 0.1) is 17.8 Å². The number of nitrogens with one attached hydrogen (secondary N) is 1. The molecule has 0 aromatic rings. The molecule has 2 saturated heterocycles. The largest absolute Gasteiger partial charge is 0.356 e. The van der Waals surface area contributed by atoms with Crippen molar-refractivity contribution in [3.05, 3.63) is 0 Å². The van der Waals surface area contributed by atoms with Gasteiger partial charge in [-0.2, -0.15) is 0 Å². The standard InChI is InChI=1S/C23H39N3O2/c27-22(24-13-3-7-18-5-1-2-6-18)20-8-4-14-26(17-20)21-11-15-25(16-12-21)23(28)19-9-10-19/h18-21H,1-17H2,(H,24,27). The van der Waals surface area contributed by atoms with Crippen LogP contribution in [0.4, 0.5) is 0 Å². The molecule has 5 heteroatoms. The molecule has 1 atom stereocenters. The zero-order valence-corrected chi connectivity index (χ0v) is 17.5. The number of rotatable bonds is 7. The Morgan fingerprint density at radius 1 is 0.821 bits per heavy atom. The minimum atomic E-state index is 0.159. The Balaban J connectivity index is 1.15. The molecule has 4 aliphatic rings. The van der Waals surface area contributed by atoms with E-state index in [9.17, 15) is 9.59 Å². The highest BCUT2D eigenvalue weighted by Crippen LogP contribution is 2.33. The lowest BCUT2D eigenvalue weighted by Crippen LogP contribution is -2.51. The second-order valence-electron chi connectivity index (χ2n) is 9.75. The van der Waals surface area contributed by atoms with Crippen molar-refractivity contribution in [2.45, 2.75) is 83.1 Å². The molecule has 1 unspecified atom stereocenters. The smallest absolute Gasteiger partial charge is 0.225 e. The predicted octanol–water partition coefficient (Wildman–Crippen LogP) is 3.19. The molecular weight excluding hydrogens is 350 g/mol. The Bertz CT molecular complexity index is 534. The summed E-state index contributed by atoms with van der Waals surface area (Å²) < 4.78 is 0. The van der Waals surface area contributed by atoms with Crippen LogP contribution in [0.1, 0.15) is 77.0 Å². The summed E-state index contributed by atoms with van der Waals surface area (Å²) in [5.41, 5.74) is 0. The fraction of sp³-hybridized carbons (Fsp3) is 0.913. The van der Waals surface area contributed by atoms with Crippen molar-refractivity contribution in [3.8, 4) is 0 Å². The maximum atomic E-state index is 12.7. The molecule has 0 bridgehead atoms. The molecule has 1 N–H and O–H groups in total. The predicted molar refractivity (Wildman–Crippen MR) is 111 cm³/mol. The normalized spacial score (nSPS) is 27.9. The van der Waals surface area contributed by atoms with Crippen molar-refractivity contribution >= 4 is 11.8 Å². The number of likely N-dealkylation sites (tertiary alicyclic amines) is 2. The Labute approximate surface area is 170 Å². The second-order valence-corrected chi connectivity index (χ2v) is 9.75. The van der Waals surface area contributed by atoms with Crippen molar-refractivity contribution < 1.29 is 9.59 Å². The van der Waals surface area contributed by atoms with Gasteiger partial charge in [0, 0.05) is 38.1 Å². The first-order valence-corrected chi connectivity index (χ1v) is 12.0. The van der Waals surface area contributed by atoms with E-state index in [1.807, 2.05) is 0 Å². The fourth-order valence-corrected chi connectivity index (χ4v) is 5.64. The van der Waals surface area contributed by atoms with Gasteiger partial charge >= 0.3 is 0 Å². The highest BCUT2D eigenvalue weighted by molar-refractivity contribution is 5.81. The molecule has 2 amide bonds. The van der Waals surface area contributed by atoms with Gasteiger partial charge in [0.2, 0.25) is 11.8 Å². The van der Waals surface area contributed by atoms with Gasteiger partial charge in [0.1, 0.15) is 0 Å². The first kappa shape index (κ1) is 20.2. The molecule has 0 aromatic heterocycles. The monoisotopic (exact) mass is 389 g/mol. The maximum Gasteiger partial charge on any atom is 0.225 e. The number of amides is 2. The average molecular weight is 390 g/mol. The van der Waals surface area contributed by atoms with Crippen LogP contribution in [-0.4, -0.2) is 60.4 Å². The molecule has 2 aliphatic carbocycles. The lowest BCUT2D eigenvalue weighted by Gasteiger charge is -2.42. The quantitative estimate of drug-likeness (QED) is 0.681. The molecular formula is C23H39N3O2. The third-order valence-electron chi connectivity index (χ3n) is 7.61. The summed E-state index contributed by atoms with van der Waals surface area (Å²) in [7, 11) is 0. The Morgan fingerprint density at radius 2 is 1.57 bits per heavy atom. The number of carbonyl (C=O) groups is 2. The van der Waals surface area contributed by atoms with Crippen molar-refractivity contribution in [2.24, 2.45) is 17.8 Å². The van der Waals surface area contributed by atoms with E-state index >= 15 is 0 Å². The van der Waals surface area contributed by atoms with Gasteiger partial charge in [-0.15, -0.1) is 0 Å². The summed E-state index contributed by atoms with van der Waals surface area (Å²) in [6.45, 7) is 4.71. The van der Waals surface area contributed by atoms with E-state index in [1.165, 1.54) is 32.1 Å². The molecule has 2 aliphatic heterocycles. The summed E-state index contributed by atoms with van der Waals surface area (Å²) in [6, 6.07) is 0.557. The molecule has 4 rings (SSSR count). The third kappa shape index (κ3) is 5.28. The van der Waals surface area contributed by atoms with E-state index in [-0.39, 0.29) is 11.8 Å². The fourth-order valence-electron chi connectivity index (χ4n) is 5.64. The van der Waals surface area contributed by atoms with Gasteiger partial charge in [0.15, 0.2) is 0 Å². The summed E-state index contributed by atoms with van der Waals surface area (Å²) in [4.78, 5) is 29.5. The highest BCUT2D eigenvalue weighted by atomic mass is 16.2. The van der Waals surface area contributed by atoms with Gasteiger partial charge in [-0.25, -0.2) is 0 Å². The van der Waals surface area contributed by atoms with E-state index in [4.69, 9.17) is 0 Å². The number of hydrogen-bond donors (Lipinski definition) is 1. The van der Waals surface area contributed by atoms with E-state index in [1.54, 1.807) is 0 Å². The van der Waals surface area contributed by atoms with Crippen LogP contribution in [0.3, 0.4) is 0 Å². The van der Waals surface area contributed by atoms with Crippen LogP contribution in [0.2, 0.25) is 0 Å². The molecule has 4 fully saturated rings. The van der Waals surface area contributed by atoms with E-state index in [0.717, 1.165) is 83.6 Å². The molecule has 2 heterocycles. The summed E-state index contributed by atoms with van der Waals surface area (Å²) in [5.74, 6) is 2.09. The van der Waals surface area contributed by atoms with E-state index < -0.39 is 0 Å². The van der Waals surface area contributed by atoms with Crippen LogP contribution in [0.25, 0.3) is 0 Å². The summed E-state index contributed by atoms with van der Waals surface area (Å²) >= 11 is 0. The van der Waals surface area contributed by atoms with Gasteiger partial charge in [-0.05, 0) is 63.8 Å². The molecule has 0 radical (unpaired) electrons. The zero-order chi connectivity index (χ0) is 19.3. The highest BCUT2D eigenvalue weighted by Gasteiger charge is 2.37. The average Bonchev–Trinajstić information content (AvgIpc) is 3.46. The topological polar surface area (TPSA) is 52.7 Å². The van der Waals surface area contributed by atoms with Gasteiger partial charge in [0.05, 0.1) is 5.92 Å². The Morgan fingerprint density at radius 3 is 2.29 bits per heavy atom. The van der Waals surface area contributed by atoms with Crippen molar-refractivity contribution in [3.63, 3.8) is 0 Å². The number of carbonyl (C=O) groups excluding carboxylic acids is 2. The first-order valence-electron chi connectivity index (χ1n) is 12.0. The molecule has 2 saturated carbocycles. The first-order chi connectivity index (χ1) is 13.7. The van der Waals surface area contributed by atoms with Crippen LogP contribution in [0.5, 0.6) is 0 Å². The van der Waals surface area contributed by atoms with Crippen LogP contribution < -0.4 is 5.32 Å². The van der Waals surface area contributed by atoms with E-state index in [0.29, 0.717) is 17.9 Å². The molecule has 0 spiro atoms. The Kier molecular flexibility index (Phi) is 6.92. The summed E-state index contributed by atoms with van der Waals surface area (Å²) in [6.07, 6.45) is 14.5. The molecule has 5 nitrogen and oxygen atoms in total. The minimum Gasteiger partial charge on any atom is -0.356 e.